The molecule has 116 valence electrons. The first-order chi connectivity index (χ1) is 9.88. The predicted octanol–water partition coefficient (Wildman–Crippen LogP) is -0.00450. The van der Waals surface area contributed by atoms with Crippen LogP contribution in [-0.4, -0.2) is 38.0 Å². The van der Waals surface area contributed by atoms with Crippen molar-refractivity contribution >= 4 is 23.4 Å². The average Bonchev–Trinajstić information content (AvgIpc) is 2.36. The lowest BCUT2D eigenvalue weighted by Crippen LogP contribution is -3.11. The molecule has 2 amide bonds. The van der Waals surface area contributed by atoms with Gasteiger partial charge in [0.25, 0.3) is 11.8 Å². The van der Waals surface area contributed by atoms with E-state index in [0.717, 1.165) is 10.5 Å². The Hall–Kier alpha value is -1.59. The fraction of sp³-hybridized carbons (Fsp3) is 0.467. The molecule has 3 N–H and O–H groups in total. The Labute approximate surface area is 130 Å². The van der Waals surface area contributed by atoms with Crippen LogP contribution < -0.4 is 15.5 Å². The number of hydrogen-bond donors (Lipinski definition) is 3. The summed E-state index contributed by atoms with van der Waals surface area (Å²) < 4.78 is 0. The highest BCUT2D eigenvalue weighted by Gasteiger charge is 2.14. The number of rotatable bonds is 7. The molecule has 0 spiro atoms. The van der Waals surface area contributed by atoms with Gasteiger partial charge in [0.15, 0.2) is 13.1 Å². The largest absolute Gasteiger partial charge is 0.349 e. The summed E-state index contributed by atoms with van der Waals surface area (Å²) in [7, 11) is 1.81. The number of likely N-dealkylation sites (N-methyl/N-ethyl adjacent to an activating group) is 1. The number of carbonyl (C=O) groups is 2. The molecule has 1 aromatic carbocycles. The molecule has 1 aromatic rings. The Morgan fingerprint density at radius 3 is 2.43 bits per heavy atom. The summed E-state index contributed by atoms with van der Waals surface area (Å²) in [5.41, 5.74) is 0.878. The lowest BCUT2D eigenvalue weighted by molar-refractivity contribution is -0.862. The van der Waals surface area contributed by atoms with Crippen molar-refractivity contribution in [1.82, 2.24) is 10.6 Å². The average molecular weight is 313 g/mol. The highest BCUT2D eigenvalue weighted by molar-refractivity contribution is 6.31. The lowest BCUT2D eigenvalue weighted by Gasteiger charge is -2.15. The van der Waals surface area contributed by atoms with Gasteiger partial charge in [0.05, 0.1) is 7.05 Å². The Bertz CT molecular complexity index is 492. The maximum absolute atomic E-state index is 11.8. The fourth-order valence-corrected chi connectivity index (χ4v) is 2.08. The van der Waals surface area contributed by atoms with Gasteiger partial charge in [-0.25, -0.2) is 0 Å². The van der Waals surface area contributed by atoms with Crippen molar-refractivity contribution < 1.29 is 14.5 Å². The number of carbonyl (C=O) groups excluding carboxylic acids is 2. The van der Waals surface area contributed by atoms with Gasteiger partial charge in [-0.1, -0.05) is 29.8 Å². The molecule has 0 radical (unpaired) electrons. The summed E-state index contributed by atoms with van der Waals surface area (Å²) >= 11 is 6.02. The van der Waals surface area contributed by atoms with E-state index < -0.39 is 0 Å². The van der Waals surface area contributed by atoms with Gasteiger partial charge in [-0.05, 0) is 25.5 Å². The highest BCUT2D eigenvalue weighted by atomic mass is 35.5. The van der Waals surface area contributed by atoms with E-state index in [1.807, 2.05) is 39.1 Å². The molecular weight excluding hydrogens is 290 g/mol. The molecule has 1 unspecified atom stereocenters. The number of quaternary nitrogens is 1. The maximum Gasteiger partial charge on any atom is 0.275 e. The maximum atomic E-state index is 11.8. The zero-order valence-corrected chi connectivity index (χ0v) is 13.5. The Kier molecular flexibility index (Phi) is 7.19. The summed E-state index contributed by atoms with van der Waals surface area (Å²) in [6.07, 6.45) is 0. The van der Waals surface area contributed by atoms with Crippen molar-refractivity contribution in [3.05, 3.63) is 34.9 Å². The van der Waals surface area contributed by atoms with Gasteiger partial charge in [-0.2, -0.15) is 0 Å². The SMILES string of the molecule is CC(C)NC(=O)C[NH+](C)CC(=O)NCc1ccccc1Cl. The normalized spacial score (nSPS) is 12.0. The minimum atomic E-state index is -0.107. The third kappa shape index (κ3) is 7.11. The number of amides is 2. The lowest BCUT2D eigenvalue weighted by atomic mass is 10.2. The van der Waals surface area contributed by atoms with Gasteiger partial charge in [0.1, 0.15) is 0 Å². The molecule has 0 saturated carbocycles. The Morgan fingerprint density at radius 1 is 1.19 bits per heavy atom. The molecule has 0 fully saturated rings. The van der Waals surface area contributed by atoms with E-state index in [9.17, 15) is 9.59 Å². The van der Waals surface area contributed by atoms with Crippen LogP contribution in [0.15, 0.2) is 24.3 Å². The molecule has 6 heteroatoms. The smallest absolute Gasteiger partial charge is 0.275 e. The zero-order valence-electron chi connectivity index (χ0n) is 12.7. The van der Waals surface area contributed by atoms with E-state index in [1.165, 1.54) is 0 Å². The third-order valence-corrected chi connectivity index (χ3v) is 3.18. The van der Waals surface area contributed by atoms with Crippen LogP contribution in [0, 0.1) is 0 Å². The van der Waals surface area contributed by atoms with E-state index >= 15 is 0 Å². The van der Waals surface area contributed by atoms with Crippen LogP contribution in [0.1, 0.15) is 19.4 Å². The molecule has 0 bridgehead atoms. The van der Waals surface area contributed by atoms with E-state index in [1.54, 1.807) is 6.07 Å². The van der Waals surface area contributed by atoms with Gasteiger partial charge in [0, 0.05) is 17.6 Å². The summed E-state index contributed by atoms with van der Waals surface area (Å²) in [5, 5.41) is 6.25. The molecule has 5 nitrogen and oxygen atoms in total. The second-order valence-electron chi connectivity index (χ2n) is 5.40. The molecular formula is C15H23ClN3O2+. The minimum Gasteiger partial charge on any atom is -0.349 e. The topological polar surface area (TPSA) is 62.6 Å². The number of nitrogens with one attached hydrogen (secondary N) is 3. The molecule has 1 rings (SSSR count). The van der Waals surface area contributed by atoms with E-state index in [2.05, 4.69) is 10.6 Å². The van der Waals surface area contributed by atoms with Crippen molar-refractivity contribution in [2.24, 2.45) is 0 Å². The zero-order chi connectivity index (χ0) is 15.8. The van der Waals surface area contributed by atoms with Crippen LogP contribution in [0.4, 0.5) is 0 Å². The van der Waals surface area contributed by atoms with Crippen LogP contribution in [0.2, 0.25) is 5.02 Å². The quantitative estimate of drug-likeness (QED) is 0.663. The number of halogens is 1. The van der Waals surface area contributed by atoms with Crippen molar-refractivity contribution in [2.75, 3.05) is 20.1 Å². The van der Waals surface area contributed by atoms with Crippen molar-refractivity contribution in [1.29, 1.82) is 0 Å². The standard InChI is InChI=1S/C15H22ClN3O2/c1-11(2)18-15(21)10-19(3)9-14(20)17-8-12-6-4-5-7-13(12)16/h4-7,11H,8-10H2,1-3H3,(H,17,20)(H,18,21)/p+1. The van der Waals surface area contributed by atoms with Gasteiger partial charge >= 0.3 is 0 Å². The van der Waals surface area contributed by atoms with E-state index in [0.29, 0.717) is 11.6 Å². The molecule has 0 heterocycles. The molecule has 0 aliphatic carbocycles. The van der Waals surface area contributed by atoms with Gasteiger partial charge in [0.2, 0.25) is 0 Å². The molecule has 0 aliphatic heterocycles. The monoisotopic (exact) mass is 312 g/mol. The highest BCUT2D eigenvalue weighted by Crippen LogP contribution is 2.13. The first-order valence-corrected chi connectivity index (χ1v) is 7.37. The summed E-state index contributed by atoms with van der Waals surface area (Å²) in [5.74, 6) is -0.161. The van der Waals surface area contributed by atoms with E-state index in [4.69, 9.17) is 11.6 Å². The van der Waals surface area contributed by atoms with Crippen LogP contribution in [0.5, 0.6) is 0 Å². The first-order valence-electron chi connectivity index (χ1n) is 6.99. The second kappa shape index (κ2) is 8.64. The molecule has 1 atom stereocenters. The Balaban J connectivity index is 2.33. The van der Waals surface area contributed by atoms with Crippen LogP contribution >= 0.6 is 11.6 Å². The molecule has 0 aliphatic rings. The Morgan fingerprint density at radius 2 is 1.81 bits per heavy atom. The van der Waals surface area contributed by atoms with Crippen LogP contribution in [-0.2, 0) is 16.1 Å². The molecule has 0 saturated heterocycles. The minimum absolute atomic E-state index is 0.0543. The second-order valence-corrected chi connectivity index (χ2v) is 5.81. The summed E-state index contributed by atoms with van der Waals surface area (Å²) in [4.78, 5) is 24.3. The van der Waals surface area contributed by atoms with Crippen LogP contribution in [0.3, 0.4) is 0 Å². The molecule has 0 aromatic heterocycles. The van der Waals surface area contributed by atoms with Crippen LogP contribution in [0.25, 0.3) is 0 Å². The van der Waals surface area contributed by atoms with Crippen molar-refractivity contribution in [3.8, 4) is 0 Å². The van der Waals surface area contributed by atoms with Crippen molar-refractivity contribution in [3.63, 3.8) is 0 Å². The van der Waals surface area contributed by atoms with E-state index in [-0.39, 0.29) is 30.9 Å². The van der Waals surface area contributed by atoms with Gasteiger partial charge in [-0.3, -0.25) is 9.59 Å². The predicted molar refractivity (Wildman–Crippen MR) is 83.2 cm³/mol. The fourth-order valence-electron chi connectivity index (χ4n) is 1.88. The molecule has 21 heavy (non-hydrogen) atoms. The van der Waals surface area contributed by atoms with Crippen molar-refractivity contribution in [2.45, 2.75) is 26.4 Å². The third-order valence-electron chi connectivity index (χ3n) is 2.81. The summed E-state index contributed by atoms with van der Waals surface area (Å²) in [6.45, 7) is 4.73. The first kappa shape index (κ1) is 17.5. The van der Waals surface area contributed by atoms with Gasteiger partial charge < -0.3 is 15.5 Å². The summed E-state index contributed by atoms with van der Waals surface area (Å²) in [6, 6.07) is 7.49. The number of benzene rings is 1. The number of hydrogen-bond acceptors (Lipinski definition) is 2. The van der Waals surface area contributed by atoms with Gasteiger partial charge in [-0.15, -0.1) is 0 Å².